The van der Waals surface area contributed by atoms with Crippen molar-refractivity contribution in [1.82, 2.24) is 14.3 Å². The maximum Gasteiger partial charge on any atom is 0.351 e. The quantitative estimate of drug-likeness (QED) is 0.848. The number of nitrogens with one attached hydrogen (secondary N) is 1. The molecular formula is C10H10F2N4O. The summed E-state index contributed by atoms with van der Waals surface area (Å²) in [6, 6.07) is 2.99. The second-order valence-electron chi connectivity index (χ2n) is 3.41. The molecule has 0 saturated heterocycles. The third kappa shape index (κ3) is 1.79. The molecule has 1 N–H and O–H groups in total. The Bertz CT molecular complexity index is 617. The Hall–Kier alpha value is -2.18. The van der Waals surface area contributed by atoms with Gasteiger partial charge in [-0.25, -0.2) is 22.8 Å². The van der Waals surface area contributed by atoms with Gasteiger partial charge in [-0.1, -0.05) is 0 Å². The number of aryl methyl sites for hydroxylation is 1. The van der Waals surface area contributed by atoms with Gasteiger partial charge < -0.3 is 5.32 Å². The van der Waals surface area contributed by atoms with Gasteiger partial charge in [-0.05, 0) is 12.1 Å². The minimum absolute atomic E-state index is 0.0474. The van der Waals surface area contributed by atoms with E-state index in [4.69, 9.17) is 0 Å². The molecule has 0 saturated carbocycles. The predicted molar refractivity (Wildman–Crippen MR) is 58.3 cm³/mol. The Morgan fingerprint density at radius 2 is 2.06 bits per heavy atom. The fourth-order valence-corrected chi connectivity index (χ4v) is 1.51. The van der Waals surface area contributed by atoms with Gasteiger partial charge in [0.05, 0.1) is 5.69 Å². The number of rotatable bonds is 2. The van der Waals surface area contributed by atoms with E-state index < -0.39 is 17.3 Å². The summed E-state index contributed by atoms with van der Waals surface area (Å²) >= 11 is 0. The number of halogens is 2. The molecule has 0 bridgehead atoms. The summed E-state index contributed by atoms with van der Waals surface area (Å²) in [6.07, 6.45) is 0. The van der Waals surface area contributed by atoms with Crippen LogP contribution in [0.2, 0.25) is 0 Å². The van der Waals surface area contributed by atoms with Gasteiger partial charge in [0.2, 0.25) is 5.95 Å². The first-order valence-electron chi connectivity index (χ1n) is 4.84. The van der Waals surface area contributed by atoms with Crippen molar-refractivity contribution in [3.8, 4) is 5.69 Å². The van der Waals surface area contributed by atoms with Crippen LogP contribution in [0.25, 0.3) is 5.69 Å². The van der Waals surface area contributed by atoms with Crippen molar-refractivity contribution in [2.45, 2.75) is 0 Å². The van der Waals surface area contributed by atoms with Gasteiger partial charge in [0.15, 0.2) is 0 Å². The molecule has 2 aromatic rings. The summed E-state index contributed by atoms with van der Waals surface area (Å²) < 4.78 is 28.5. The molecule has 0 spiro atoms. The van der Waals surface area contributed by atoms with E-state index in [-0.39, 0.29) is 11.6 Å². The lowest BCUT2D eigenvalue weighted by atomic mass is 10.3. The SMILES string of the molecule is CNc1nn(C)c(=O)n1-c1ccc(F)cc1F. The monoisotopic (exact) mass is 240 g/mol. The molecule has 0 aliphatic rings. The highest BCUT2D eigenvalue weighted by atomic mass is 19.1. The zero-order chi connectivity index (χ0) is 12.6. The minimum atomic E-state index is -0.823. The number of benzene rings is 1. The van der Waals surface area contributed by atoms with Crippen LogP contribution in [0.5, 0.6) is 0 Å². The van der Waals surface area contributed by atoms with Gasteiger partial charge >= 0.3 is 5.69 Å². The van der Waals surface area contributed by atoms with Crippen LogP contribution in [0.3, 0.4) is 0 Å². The number of anilines is 1. The highest BCUT2D eigenvalue weighted by Crippen LogP contribution is 2.16. The summed E-state index contributed by atoms with van der Waals surface area (Å²) in [5.41, 5.74) is -0.561. The van der Waals surface area contributed by atoms with Crippen molar-refractivity contribution >= 4 is 5.95 Å². The number of aromatic nitrogens is 3. The van der Waals surface area contributed by atoms with E-state index in [1.54, 1.807) is 7.05 Å². The standard InChI is InChI=1S/C10H10F2N4O/c1-13-9-14-15(2)10(17)16(9)8-4-3-6(11)5-7(8)12/h3-5H,1-2H3,(H,13,14). The molecule has 7 heteroatoms. The maximum absolute atomic E-state index is 13.6. The predicted octanol–water partition coefficient (Wildman–Crippen LogP) is 0.891. The van der Waals surface area contributed by atoms with Crippen LogP contribution < -0.4 is 11.0 Å². The molecule has 0 atom stereocenters. The van der Waals surface area contributed by atoms with E-state index in [0.29, 0.717) is 6.07 Å². The normalized spacial score (nSPS) is 10.6. The van der Waals surface area contributed by atoms with Gasteiger partial charge in [0.1, 0.15) is 11.6 Å². The molecule has 17 heavy (non-hydrogen) atoms. The lowest BCUT2D eigenvalue weighted by Crippen LogP contribution is -2.22. The molecule has 0 aliphatic heterocycles. The molecule has 1 aromatic carbocycles. The highest BCUT2D eigenvalue weighted by molar-refractivity contribution is 5.41. The van der Waals surface area contributed by atoms with Crippen LogP contribution in [-0.4, -0.2) is 21.4 Å². The summed E-state index contributed by atoms with van der Waals surface area (Å²) in [5.74, 6) is -1.34. The Morgan fingerprint density at radius 1 is 1.35 bits per heavy atom. The zero-order valence-corrected chi connectivity index (χ0v) is 9.24. The maximum atomic E-state index is 13.6. The largest absolute Gasteiger partial charge is 0.357 e. The minimum Gasteiger partial charge on any atom is -0.357 e. The van der Waals surface area contributed by atoms with Crippen LogP contribution >= 0.6 is 0 Å². The average molecular weight is 240 g/mol. The van der Waals surface area contributed by atoms with Crippen molar-refractivity contribution in [2.24, 2.45) is 7.05 Å². The van der Waals surface area contributed by atoms with E-state index in [2.05, 4.69) is 10.4 Å². The summed E-state index contributed by atoms with van der Waals surface area (Å²) in [6.45, 7) is 0. The topological polar surface area (TPSA) is 51.9 Å². The fourth-order valence-electron chi connectivity index (χ4n) is 1.51. The van der Waals surface area contributed by atoms with Crippen LogP contribution in [-0.2, 0) is 7.05 Å². The van der Waals surface area contributed by atoms with E-state index in [1.165, 1.54) is 13.1 Å². The molecule has 0 amide bonds. The molecule has 0 aliphatic carbocycles. The van der Waals surface area contributed by atoms with Crippen molar-refractivity contribution in [3.05, 3.63) is 40.3 Å². The van der Waals surface area contributed by atoms with Crippen LogP contribution in [0.1, 0.15) is 0 Å². The zero-order valence-electron chi connectivity index (χ0n) is 9.24. The van der Waals surface area contributed by atoms with Gasteiger partial charge in [-0.2, -0.15) is 0 Å². The Morgan fingerprint density at radius 3 is 2.65 bits per heavy atom. The number of nitrogens with zero attached hydrogens (tertiary/aromatic N) is 3. The van der Waals surface area contributed by atoms with E-state index in [1.807, 2.05) is 0 Å². The Labute approximate surface area is 95.3 Å². The van der Waals surface area contributed by atoms with E-state index in [0.717, 1.165) is 15.3 Å². The average Bonchev–Trinajstić information content (AvgIpc) is 2.56. The van der Waals surface area contributed by atoms with Crippen molar-refractivity contribution in [1.29, 1.82) is 0 Å². The molecule has 1 aromatic heterocycles. The van der Waals surface area contributed by atoms with Crippen LogP contribution in [0.4, 0.5) is 14.7 Å². The third-order valence-electron chi connectivity index (χ3n) is 2.30. The summed E-state index contributed by atoms with van der Waals surface area (Å²) in [7, 11) is 3.00. The van der Waals surface area contributed by atoms with Crippen LogP contribution in [0.15, 0.2) is 23.0 Å². The first-order chi connectivity index (χ1) is 8.04. The molecule has 0 fully saturated rings. The molecule has 0 unspecified atom stereocenters. The Kier molecular flexibility index (Phi) is 2.66. The molecule has 1 heterocycles. The lowest BCUT2D eigenvalue weighted by molar-refractivity contribution is 0.576. The number of hydrogen-bond donors (Lipinski definition) is 1. The summed E-state index contributed by atoms with van der Waals surface area (Å²) in [4.78, 5) is 11.7. The lowest BCUT2D eigenvalue weighted by Gasteiger charge is -2.05. The van der Waals surface area contributed by atoms with Gasteiger partial charge in [-0.15, -0.1) is 5.10 Å². The molecule has 90 valence electrons. The van der Waals surface area contributed by atoms with Gasteiger partial charge in [-0.3, -0.25) is 0 Å². The number of hydrogen-bond acceptors (Lipinski definition) is 3. The van der Waals surface area contributed by atoms with Gasteiger partial charge in [0, 0.05) is 20.2 Å². The molecule has 2 rings (SSSR count). The van der Waals surface area contributed by atoms with E-state index >= 15 is 0 Å². The second-order valence-corrected chi connectivity index (χ2v) is 3.41. The first kappa shape index (κ1) is 11.3. The van der Waals surface area contributed by atoms with Crippen molar-refractivity contribution < 1.29 is 8.78 Å². The third-order valence-corrected chi connectivity index (χ3v) is 2.30. The van der Waals surface area contributed by atoms with Crippen molar-refractivity contribution in [3.63, 3.8) is 0 Å². The van der Waals surface area contributed by atoms with Gasteiger partial charge in [0.25, 0.3) is 0 Å². The molecule has 5 nitrogen and oxygen atoms in total. The van der Waals surface area contributed by atoms with Crippen LogP contribution in [0, 0.1) is 11.6 Å². The van der Waals surface area contributed by atoms with Crippen molar-refractivity contribution in [2.75, 3.05) is 12.4 Å². The highest BCUT2D eigenvalue weighted by Gasteiger charge is 2.15. The molecule has 0 radical (unpaired) electrons. The first-order valence-corrected chi connectivity index (χ1v) is 4.84. The fraction of sp³-hybridized carbons (Fsp3) is 0.200. The second kappa shape index (κ2) is 4.00. The summed E-state index contributed by atoms with van der Waals surface area (Å²) in [5, 5.41) is 6.53. The van der Waals surface area contributed by atoms with E-state index in [9.17, 15) is 13.6 Å². The smallest absolute Gasteiger partial charge is 0.351 e. The Balaban J connectivity index is 2.72. The molecular weight excluding hydrogens is 230 g/mol.